The molecule has 0 amide bonds. The summed E-state index contributed by atoms with van der Waals surface area (Å²) in [6.07, 6.45) is 0.499. The van der Waals surface area contributed by atoms with Crippen molar-refractivity contribution >= 4 is 9.84 Å². The molecule has 0 bridgehead atoms. The lowest BCUT2D eigenvalue weighted by atomic mass is 10.1. The van der Waals surface area contributed by atoms with E-state index in [0.29, 0.717) is 13.0 Å². The van der Waals surface area contributed by atoms with Crippen LogP contribution >= 0.6 is 0 Å². The van der Waals surface area contributed by atoms with Gasteiger partial charge in [0.25, 0.3) is 0 Å². The van der Waals surface area contributed by atoms with Crippen molar-refractivity contribution in [2.75, 3.05) is 13.2 Å². The van der Waals surface area contributed by atoms with E-state index in [2.05, 4.69) is 0 Å². The van der Waals surface area contributed by atoms with Crippen LogP contribution in [0.15, 0.2) is 29.2 Å². The number of sulfone groups is 1. The van der Waals surface area contributed by atoms with Crippen molar-refractivity contribution in [3.8, 4) is 0 Å². The van der Waals surface area contributed by atoms with Gasteiger partial charge in [0, 0.05) is 12.6 Å². The van der Waals surface area contributed by atoms with Gasteiger partial charge in [-0.15, -0.1) is 0 Å². The predicted octanol–water partition coefficient (Wildman–Crippen LogP) is 0.716. The van der Waals surface area contributed by atoms with E-state index in [1.165, 1.54) is 18.2 Å². The van der Waals surface area contributed by atoms with Crippen molar-refractivity contribution in [2.24, 2.45) is 5.73 Å². The van der Waals surface area contributed by atoms with Gasteiger partial charge in [-0.3, -0.25) is 0 Å². The minimum atomic E-state index is -3.62. The lowest BCUT2D eigenvalue weighted by Crippen LogP contribution is -2.47. The highest BCUT2D eigenvalue weighted by molar-refractivity contribution is 7.92. The Morgan fingerprint density at radius 1 is 1.41 bits per heavy atom. The number of hydrogen-bond donors (Lipinski definition) is 1. The molecule has 0 aromatic heterocycles. The Labute approximate surface area is 99.5 Å². The largest absolute Gasteiger partial charge is 0.380 e. The minimum Gasteiger partial charge on any atom is -0.380 e. The van der Waals surface area contributed by atoms with Crippen LogP contribution in [0, 0.1) is 5.82 Å². The number of nitrogens with two attached hydrogens (primary N) is 1. The van der Waals surface area contributed by atoms with Crippen molar-refractivity contribution < 1.29 is 17.5 Å². The first kappa shape index (κ1) is 12.5. The van der Waals surface area contributed by atoms with Crippen LogP contribution in [0.3, 0.4) is 0 Å². The first-order chi connectivity index (χ1) is 8.01. The van der Waals surface area contributed by atoms with Crippen molar-refractivity contribution in [1.29, 1.82) is 0 Å². The molecule has 94 valence electrons. The van der Waals surface area contributed by atoms with Crippen LogP contribution in [-0.2, 0) is 14.6 Å². The normalized spacial score (nSPS) is 25.8. The van der Waals surface area contributed by atoms with Gasteiger partial charge < -0.3 is 10.5 Å². The van der Waals surface area contributed by atoms with E-state index in [4.69, 9.17) is 10.5 Å². The molecule has 2 atom stereocenters. The zero-order chi connectivity index (χ0) is 12.5. The quantitative estimate of drug-likeness (QED) is 0.849. The van der Waals surface area contributed by atoms with Crippen LogP contribution in [0.25, 0.3) is 0 Å². The van der Waals surface area contributed by atoms with E-state index in [-0.39, 0.29) is 11.5 Å². The van der Waals surface area contributed by atoms with E-state index >= 15 is 0 Å². The molecule has 0 aliphatic carbocycles. The highest BCUT2D eigenvalue weighted by Gasteiger charge is 2.35. The van der Waals surface area contributed by atoms with E-state index in [1.54, 1.807) is 0 Å². The molecule has 1 aromatic carbocycles. The van der Waals surface area contributed by atoms with E-state index in [9.17, 15) is 12.8 Å². The van der Waals surface area contributed by atoms with Gasteiger partial charge in [-0.25, -0.2) is 12.8 Å². The van der Waals surface area contributed by atoms with Crippen molar-refractivity contribution in [1.82, 2.24) is 0 Å². The summed E-state index contributed by atoms with van der Waals surface area (Å²) in [5.74, 6) is -0.573. The summed E-state index contributed by atoms with van der Waals surface area (Å²) in [4.78, 5) is -0.0385. The molecule has 1 fully saturated rings. The van der Waals surface area contributed by atoms with Crippen molar-refractivity contribution in [3.05, 3.63) is 30.1 Å². The maximum absolute atomic E-state index is 13.0. The Bertz CT molecular complexity index is 503. The maximum Gasteiger partial charge on any atom is 0.185 e. The van der Waals surface area contributed by atoms with Crippen LogP contribution in [0.2, 0.25) is 0 Å². The monoisotopic (exact) mass is 259 g/mol. The highest BCUT2D eigenvalue weighted by Crippen LogP contribution is 2.22. The molecular weight excluding hydrogens is 245 g/mol. The van der Waals surface area contributed by atoms with Crippen LogP contribution in [0.5, 0.6) is 0 Å². The zero-order valence-electron chi connectivity index (χ0n) is 9.17. The smallest absolute Gasteiger partial charge is 0.185 e. The lowest BCUT2D eigenvalue weighted by molar-refractivity contribution is 0.0891. The average molecular weight is 259 g/mol. The van der Waals surface area contributed by atoms with Gasteiger partial charge >= 0.3 is 0 Å². The number of hydrogen-bond acceptors (Lipinski definition) is 4. The Morgan fingerprint density at radius 2 is 2.18 bits per heavy atom. The third-order valence-corrected chi connectivity index (χ3v) is 5.07. The first-order valence-electron chi connectivity index (χ1n) is 5.34. The summed E-state index contributed by atoms with van der Waals surface area (Å²) in [6.45, 7) is 0.538. The van der Waals surface area contributed by atoms with Gasteiger partial charge in [0.2, 0.25) is 0 Å². The molecule has 17 heavy (non-hydrogen) atoms. The Balaban J connectivity index is 2.35. The van der Waals surface area contributed by atoms with Gasteiger partial charge in [-0.2, -0.15) is 0 Å². The highest BCUT2D eigenvalue weighted by atomic mass is 32.2. The van der Waals surface area contributed by atoms with Crippen molar-refractivity contribution in [3.63, 3.8) is 0 Å². The molecule has 0 saturated carbocycles. The molecule has 0 radical (unpaired) electrons. The first-order valence-corrected chi connectivity index (χ1v) is 6.89. The van der Waals surface area contributed by atoms with Gasteiger partial charge in [0.05, 0.1) is 11.5 Å². The van der Waals surface area contributed by atoms with Crippen LogP contribution in [0.4, 0.5) is 4.39 Å². The fraction of sp³-hybridized carbons (Fsp3) is 0.455. The Morgan fingerprint density at radius 3 is 2.82 bits per heavy atom. The van der Waals surface area contributed by atoms with E-state index < -0.39 is 26.9 Å². The Kier molecular flexibility index (Phi) is 3.46. The predicted molar refractivity (Wildman–Crippen MR) is 60.8 cm³/mol. The summed E-state index contributed by atoms with van der Waals surface area (Å²) >= 11 is 0. The van der Waals surface area contributed by atoms with E-state index in [0.717, 1.165) is 6.07 Å². The molecule has 1 aliphatic heterocycles. The number of halogens is 1. The van der Waals surface area contributed by atoms with Crippen LogP contribution in [-0.4, -0.2) is 32.9 Å². The molecule has 4 nitrogen and oxygen atoms in total. The molecule has 0 spiro atoms. The summed E-state index contributed by atoms with van der Waals surface area (Å²) in [5, 5.41) is -0.793. The van der Waals surface area contributed by atoms with Gasteiger partial charge in [0.15, 0.2) is 9.84 Å². The molecule has 1 aliphatic rings. The molecule has 2 unspecified atom stereocenters. The fourth-order valence-corrected chi connectivity index (χ4v) is 3.63. The summed E-state index contributed by atoms with van der Waals surface area (Å²) in [7, 11) is -3.62. The van der Waals surface area contributed by atoms with Crippen LogP contribution < -0.4 is 5.73 Å². The lowest BCUT2D eigenvalue weighted by Gasteiger charge is -2.28. The molecule has 1 saturated heterocycles. The molecule has 1 aromatic rings. The average Bonchev–Trinajstić information content (AvgIpc) is 2.29. The summed E-state index contributed by atoms with van der Waals surface area (Å²) in [6, 6.07) is 4.50. The summed E-state index contributed by atoms with van der Waals surface area (Å²) in [5.41, 5.74) is 5.79. The van der Waals surface area contributed by atoms with Crippen LogP contribution in [0.1, 0.15) is 6.42 Å². The molecular formula is C11H14FNO3S. The number of ether oxygens (including phenoxy) is 1. The second-order valence-electron chi connectivity index (χ2n) is 4.07. The molecule has 2 rings (SSSR count). The summed E-state index contributed by atoms with van der Waals surface area (Å²) < 4.78 is 42.6. The Hall–Kier alpha value is -0.980. The molecule has 6 heteroatoms. The SMILES string of the molecule is NC1CCOCC1S(=O)(=O)c1cccc(F)c1. The third kappa shape index (κ3) is 2.48. The van der Waals surface area contributed by atoms with Crippen molar-refractivity contribution in [2.45, 2.75) is 22.6 Å². The zero-order valence-corrected chi connectivity index (χ0v) is 9.99. The standard InChI is InChI=1S/C11H14FNO3S/c12-8-2-1-3-9(6-8)17(14,15)11-7-16-5-4-10(11)13/h1-3,6,10-11H,4-5,7,13H2. The second-order valence-corrected chi connectivity index (χ2v) is 6.24. The third-order valence-electron chi connectivity index (χ3n) is 2.88. The van der Waals surface area contributed by atoms with E-state index in [1.807, 2.05) is 0 Å². The topological polar surface area (TPSA) is 69.4 Å². The second kappa shape index (κ2) is 4.72. The molecule has 1 heterocycles. The number of rotatable bonds is 2. The van der Waals surface area contributed by atoms with Gasteiger partial charge in [-0.05, 0) is 24.6 Å². The van der Waals surface area contributed by atoms with Gasteiger partial charge in [-0.1, -0.05) is 6.07 Å². The minimum absolute atomic E-state index is 0.0385. The maximum atomic E-state index is 13.0. The molecule has 2 N–H and O–H groups in total. The fourth-order valence-electron chi connectivity index (χ4n) is 1.87. The number of benzene rings is 1. The van der Waals surface area contributed by atoms with Gasteiger partial charge in [0.1, 0.15) is 11.1 Å².